The van der Waals surface area contributed by atoms with E-state index in [1.165, 1.54) is 0 Å². The van der Waals surface area contributed by atoms with Gasteiger partial charge in [0.15, 0.2) is 0 Å². The van der Waals surface area contributed by atoms with E-state index in [1.54, 1.807) is 12.1 Å². The van der Waals surface area contributed by atoms with Crippen LogP contribution in [0.4, 0.5) is 4.79 Å². The summed E-state index contributed by atoms with van der Waals surface area (Å²) in [6.07, 6.45) is 1.88. The largest absolute Gasteiger partial charge is 0.478 e. The number of carboxylic acid groups (broad SMARTS) is 1. The van der Waals surface area contributed by atoms with Crippen molar-refractivity contribution in [3.63, 3.8) is 0 Å². The summed E-state index contributed by atoms with van der Waals surface area (Å²) in [7, 11) is 0. The quantitative estimate of drug-likeness (QED) is 0.883. The van der Waals surface area contributed by atoms with Crippen molar-refractivity contribution in [1.29, 1.82) is 0 Å². The maximum Gasteiger partial charge on any atom is 0.335 e. The van der Waals surface area contributed by atoms with Crippen LogP contribution in [0.1, 0.15) is 29.3 Å². The van der Waals surface area contributed by atoms with Crippen molar-refractivity contribution < 1.29 is 14.7 Å². The van der Waals surface area contributed by atoms with Crippen LogP contribution < -0.4 is 5.32 Å². The summed E-state index contributed by atoms with van der Waals surface area (Å²) in [5, 5.41) is 11.7. The monoisotopic (exact) mass is 276 g/mol. The lowest BCUT2D eigenvalue weighted by Crippen LogP contribution is -2.38. The second kappa shape index (κ2) is 6.41. The van der Waals surface area contributed by atoms with Gasteiger partial charge in [-0.05, 0) is 43.4 Å². The lowest BCUT2D eigenvalue weighted by atomic mass is 9.98. The average Bonchev–Trinajstić information content (AvgIpc) is 2.88. The number of nitrogens with zero attached hydrogens (tertiary/aromatic N) is 1. The zero-order valence-electron chi connectivity index (χ0n) is 11.6. The van der Waals surface area contributed by atoms with E-state index in [0.717, 1.165) is 31.5 Å². The molecule has 0 saturated carbocycles. The number of hydrogen-bond acceptors (Lipinski definition) is 2. The van der Waals surface area contributed by atoms with Gasteiger partial charge in [0, 0.05) is 19.6 Å². The Kier molecular flexibility index (Phi) is 4.61. The van der Waals surface area contributed by atoms with Gasteiger partial charge in [0.1, 0.15) is 0 Å². The van der Waals surface area contributed by atoms with E-state index in [2.05, 4.69) is 5.32 Å². The van der Waals surface area contributed by atoms with E-state index in [4.69, 9.17) is 5.11 Å². The Balaban J connectivity index is 1.88. The van der Waals surface area contributed by atoms with Crippen LogP contribution in [0.3, 0.4) is 0 Å². The van der Waals surface area contributed by atoms with Gasteiger partial charge in [-0.15, -0.1) is 0 Å². The number of carbonyl (C=O) groups is 2. The molecular weight excluding hydrogens is 256 g/mol. The number of aromatic carboxylic acids is 1. The predicted octanol–water partition coefficient (Wildman–Crippen LogP) is 1.98. The summed E-state index contributed by atoms with van der Waals surface area (Å²) in [5.41, 5.74) is 1.43. The van der Waals surface area contributed by atoms with E-state index in [-0.39, 0.29) is 6.03 Å². The number of rotatable bonds is 4. The molecule has 1 fully saturated rings. The van der Waals surface area contributed by atoms with Crippen LogP contribution in [0.25, 0.3) is 0 Å². The molecule has 0 unspecified atom stereocenters. The Hall–Kier alpha value is -2.04. The first kappa shape index (κ1) is 14.4. The second-order valence-corrected chi connectivity index (χ2v) is 5.14. The number of nitrogens with one attached hydrogen (secondary N) is 1. The fourth-order valence-electron chi connectivity index (χ4n) is 2.56. The zero-order chi connectivity index (χ0) is 14.5. The normalized spacial score (nSPS) is 18.1. The molecule has 1 aromatic rings. The highest BCUT2D eigenvalue weighted by atomic mass is 16.4. The lowest BCUT2D eigenvalue weighted by Gasteiger charge is -2.16. The Morgan fingerprint density at radius 3 is 2.65 bits per heavy atom. The molecule has 1 saturated heterocycles. The minimum atomic E-state index is -0.903. The predicted molar refractivity (Wildman–Crippen MR) is 75.9 cm³/mol. The van der Waals surface area contributed by atoms with E-state index in [0.29, 0.717) is 18.0 Å². The van der Waals surface area contributed by atoms with Crippen molar-refractivity contribution in [3.05, 3.63) is 35.4 Å². The van der Waals surface area contributed by atoms with Gasteiger partial charge in [0.05, 0.1) is 5.56 Å². The molecule has 1 aliphatic heterocycles. The molecule has 5 heteroatoms. The molecule has 1 aliphatic rings. The van der Waals surface area contributed by atoms with Crippen molar-refractivity contribution in [2.45, 2.75) is 19.8 Å². The smallest absolute Gasteiger partial charge is 0.335 e. The van der Waals surface area contributed by atoms with Gasteiger partial charge >= 0.3 is 12.0 Å². The molecule has 1 heterocycles. The number of likely N-dealkylation sites (tertiary alicyclic amines) is 1. The fraction of sp³-hybridized carbons (Fsp3) is 0.467. The number of carboxylic acids is 1. The average molecular weight is 276 g/mol. The number of hydrogen-bond donors (Lipinski definition) is 2. The van der Waals surface area contributed by atoms with Gasteiger partial charge in [0.25, 0.3) is 0 Å². The highest BCUT2D eigenvalue weighted by Gasteiger charge is 2.25. The molecule has 1 atom stereocenters. The molecule has 20 heavy (non-hydrogen) atoms. The Morgan fingerprint density at radius 2 is 2.05 bits per heavy atom. The first-order valence-electron chi connectivity index (χ1n) is 6.95. The molecular formula is C15H20N2O3. The summed E-state index contributed by atoms with van der Waals surface area (Å²) in [4.78, 5) is 24.3. The van der Waals surface area contributed by atoms with E-state index in [9.17, 15) is 9.59 Å². The number of amides is 2. The van der Waals surface area contributed by atoms with Crippen molar-refractivity contribution >= 4 is 12.0 Å². The molecule has 2 rings (SSSR count). The second-order valence-electron chi connectivity index (χ2n) is 5.14. The zero-order valence-corrected chi connectivity index (χ0v) is 11.6. The Labute approximate surface area is 118 Å². The van der Waals surface area contributed by atoms with Crippen LogP contribution in [0.2, 0.25) is 0 Å². The minimum Gasteiger partial charge on any atom is -0.478 e. The molecule has 2 N–H and O–H groups in total. The minimum absolute atomic E-state index is 0.0104. The van der Waals surface area contributed by atoms with Crippen molar-refractivity contribution in [1.82, 2.24) is 10.2 Å². The standard InChI is InChI=1S/C15H20N2O3/c1-2-16-15(20)17-8-7-12(10-17)9-11-3-5-13(6-4-11)14(18)19/h3-6,12H,2,7-10H2,1H3,(H,16,20)(H,18,19)/t12-/m0/s1. The molecule has 5 nitrogen and oxygen atoms in total. The maximum atomic E-state index is 11.7. The number of urea groups is 1. The van der Waals surface area contributed by atoms with Gasteiger partial charge in [0.2, 0.25) is 0 Å². The summed E-state index contributed by atoms with van der Waals surface area (Å²) >= 11 is 0. The van der Waals surface area contributed by atoms with E-state index >= 15 is 0 Å². The molecule has 0 bridgehead atoms. The molecule has 2 amide bonds. The third-order valence-electron chi connectivity index (χ3n) is 3.63. The van der Waals surface area contributed by atoms with Crippen LogP contribution in [0.5, 0.6) is 0 Å². The molecule has 0 spiro atoms. The van der Waals surface area contributed by atoms with E-state index in [1.807, 2.05) is 24.0 Å². The van der Waals surface area contributed by atoms with Crippen LogP contribution >= 0.6 is 0 Å². The molecule has 0 aliphatic carbocycles. The summed E-state index contributed by atoms with van der Waals surface area (Å²) in [6.45, 7) is 4.13. The van der Waals surface area contributed by atoms with Gasteiger partial charge in [-0.25, -0.2) is 9.59 Å². The van der Waals surface area contributed by atoms with Crippen LogP contribution in [-0.4, -0.2) is 41.6 Å². The topological polar surface area (TPSA) is 69.6 Å². The van der Waals surface area contributed by atoms with Gasteiger partial charge in [-0.2, -0.15) is 0 Å². The summed E-state index contributed by atoms with van der Waals surface area (Å²) in [5.74, 6) is -0.451. The molecule has 0 radical (unpaired) electrons. The van der Waals surface area contributed by atoms with Crippen molar-refractivity contribution in [2.75, 3.05) is 19.6 Å². The highest BCUT2D eigenvalue weighted by molar-refractivity contribution is 5.87. The van der Waals surface area contributed by atoms with Gasteiger partial charge in [-0.1, -0.05) is 12.1 Å². The summed E-state index contributed by atoms with van der Waals surface area (Å²) in [6, 6.07) is 7.00. The lowest BCUT2D eigenvalue weighted by molar-refractivity contribution is 0.0697. The van der Waals surface area contributed by atoms with Gasteiger partial charge in [-0.3, -0.25) is 0 Å². The first-order valence-corrected chi connectivity index (χ1v) is 6.95. The number of carbonyl (C=O) groups excluding carboxylic acids is 1. The Morgan fingerprint density at radius 1 is 1.35 bits per heavy atom. The first-order chi connectivity index (χ1) is 9.60. The van der Waals surface area contributed by atoms with Crippen LogP contribution in [-0.2, 0) is 6.42 Å². The number of benzene rings is 1. The van der Waals surface area contributed by atoms with Crippen molar-refractivity contribution in [3.8, 4) is 0 Å². The highest BCUT2D eigenvalue weighted by Crippen LogP contribution is 2.21. The molecule has 0 aromatic heterocycles. The fourth-order valence-corrected chi connectivity index (χ4v) is 2.56. The van der Waals surface area contributed by atoms with Crippen molar-refractivity contribution in [2.24, 2.45) is 5.92 Å². The third-order valence-corrected chi connectivity index (χ3v) is 3.63. The molecule has 108 valence electrons. The Bertz CT molecular complexity index is 484. The maximum absolute atomic E-state index is 11.7. The van der Waals surface area contributed by atoms with Crippen LogP contribution in [0.15, 0.2) is 24.3 Å². The molecule has 1 aromatic carbocycles. The third kappa shape index (κ3) is 3.50. The SMILES string of the molecule is CCNC(=O)N1CC[C@@H](Cc2ccc(C(=O)O)cc2)C1. The van der Waals surface area contributed by atoms with E-state index < -0.39 is 5.97 Å². The van der Waals surface area contributed by atoms with Gasteiger partial charge < -0.3 is 15.3 Å². The summed E-state index contributed by atoms with van der Waals surface area (Å²) < 4.78 is 0. The van der Waals surface area contributed by atoms with Crippen LogP contribution in [0, 0.1) is 5.92 Å².